The van der Waals surface area contributed by atoms with Crippen LogP contribution in [0.3, 0.4) is 0 Å². The van der Waals surface area contributed by atoms with Crippen molar-refractivity contribution in [2.75, 3.05) is 0 Å². The van der Waals surface area contributed by atoms with Crippen molar-refractivity contribution in [2.24, 2.45) is 11.3 Å². The van der Waals surface area contributed by atoms with E-state index in [1.807, 2.05) is 5.38 Å². The molecule has 0 amide bonds. The first-order valence-corrected chi connectivity index (χ1v) is 7.86. The summed E-state index contributed by atoms with van der Waals surface area (Å²) in [4.78, 5) is 14.4. The number of unbranched alkanes of at least 4 members (excludes halogenated alkanes) is 1. The summed E-state index contributed by atoms with van der Waals surface area (Å²) >= 11 is 1.28. The van der Waals surface area contributed by atoms with Crippen LogP contribution in [-0.2, 0) is 0 Å². The summed E-state index contributed by atoms with van der Waals surface area (Å²) in [5, 5.41) is 2.00. The number of thiazole rings is 1. The number of hydrogen-bond donors (Lipinski definition) is 1. The summed E-state index contributed by atoms with van der Waals surface area (Å²) in [6.45, 7) is 11.3. The Morgan fingerprint density at radius 3 is 2.28 bits per heavy atom. The molecule has 0 aliphatic rings. The normalized spacial score (nSPS) is 14.1. The lowest BCUT2D eigenvalue weighted by molar-refractivity contribution is 0.291. The Morgan fingerprint density at radius 2 is 1.83 bits per heavy atom. The van der Waals surface area contributed by atoms with Gasteiger partial charge < -0.3 is 4.98 Å². The maximum atomic E-state index is 11.3. The SMILES string of the molecule is CC(C)CCCCC(c1csc(=O)[nH]1)C(C)(C)C. The molecule has 0 saturated carbocycles. The van der Waals surface area contributed by atoms with Gasteiger partial charge in [0.25, 0.3) is 0 Å². The molecule has 18 heavy (non-hydrogen) atoms. The zero-order chi connectivity index (χ0) is 13.8. The lowest BCUT2D eigenvalue weighted by Gasteiger charge is -2.30. The Kier molecular flexibility index (Phi) is 5.64. The Labute approximate surface area is 115 Å². The van der Waals surface area contributed by atoms with Crippen LogP contribution in [0.15, 0.2) is 10.2 Å². The molecule has 1 atom stereocenters. The highest BCUT2D eigenvalue weighted by Crippen LogP contribution is 2.38. The van der Waals surface area contributed by atoms with Gasteiger partial charge in [0.15, 0.2) is 0 Å². The fourth-order valence-corrected chi connectivity index (χ4v) is 3.05. The summed E-state index contributed by atoms with van der Waals surface area (Å²) < 4.78 is 0. The number of rotatable bonds is 6. The highest BCUT2D eigenvalue weighted by Gasteiger charge is 2.27. The van der Waals surface area contributed by atoms with Crippen molar-refractivity contribution in [1.29, 1.82) is 0 Å². The second-order valence-electron chi connectivity index (χ2n) is 6.70. The average molecular weight is 269 g/mol. The maximum Gasteiger partial charge on any atom is 0.304 e. The molecule has 1 aromatic rings. The quantitative estimate of drug-likeness (QED) is 0.740. The van der Waals surface area contributed by atoms with E-state index in [1.165, 1.54) is 37.0 Å². The topological polar surface area (TPSA) is 32.9 Å². The van der Waals surface area contributed by atoms with Gasteiger partial charge in [-0.1, -0.05) is 65.2 Å². The van der Waals surface area contributed by atoms with E-state index in [4.69, 9.17) is 0 Å². The highest BCUT2D eigenvalue weighted by atomic mass is 32.1. The van der Waals surface area contributed by atoms with Crippen molar-refractivity contribution < 1.29 is 0 Å². The monoisotopic (exact) mass is 269 g/mol. The molecule has 0 radical (unpaired) electrons. The van der Waals surface area contributed by atoms with Crippen LogP contribution < -0.4 is 4.87 Å². The van der Waals surface area contributed by atoms with Gasteiger partial charge in [-0.3, -0.25) is 4.79 Å². The summed E-state index contributed by atoms with van der Waals surface area (Å²) in [6.07, 6.45) is 5.01. The fourth-order valence-electron chi connectivity index (χ4n) is 2.42. The van der Waals surface area contributed by atoms with E-state index in [1.54, 1.807) is 0 Å². The van der Waals surface area contributed by atoms with Gasteiger partial charge in [0.05, 0.1) is 0 Å². The molecule has 0 spiro atoms. The van der Waals surface area contributed by atoms with Crippen LogP contribution >= 0.6 is 11.3 Å². The predicted molar refractivity (Wildman–Crippen MR) is 80.4 cm³/mol. The number of hydrogen-bond acceptors (Lipinski definition) is 2. The second-order valence-corrected chi connectivity index (χ2v) is 7.54. The predicted octanol–water partition coefficient (Wildman–Crippen LogP) is 4.78. The minimum Gasteiger partial charge on any atom is -0.316 e. The van der Waals surface area contributed by atoms with Crippen molar-refractivity contribution >= 4 is 11.3 Å². The largest absolute Gasteiger partial charge is 0.316 e. The molecule has 2 nitrogen and oxygen atoms in total. The van der Waals surface area contributed by atoms with Crippen LogP contribution in [-0.4, -0.2) is 4.98 Å². The van der Waals surface area contributed by atoms with E-state index in [-0.39, 0.29) is 10.3 Å². The van der Waals surface area contributed by atoms with Gasteiger partial charge in [0.1, 0.15) is 0 Å². The lowest BCUT2D eigenvalue weighted by Crippen LogP contribution is -2.19. The number of aromatic amines is 1. The Bertz CT molecular complexity index is 397. The standard InChI is InChI=1S/C15H27NOS/c1-11(2)8-6-7-9-12(15(3,4)5)13-10-18-14(17)16-13/h10-12H,6-9H2,1-5H3,(H,16,17). The third-order valence-corrected chi connectivity index (χ3v) is 4.17. The molecule has 1 heterocycles. The summed E-state index contributed by atoms with van der Waals surface area (Å²) in [5.74, 6) is 1.25. The van der Waals surface area contributed by atoms with Crippen molar-refractivity contribution in [3.05, 3.63) is 20.7 Å². The molecular formula is C15H27NOS. The first kappa shape index (κ1) is 15.5. The van der Waals surface area contributed by atoms with Gasteiger partial charge in [-0.2, -0.15) is 0 Å². The Hall–Kier alpha value is -0.570. The Morgan fingerprint density at radius 1 is 1.22 bits per heavy atom. The Balaban J connectivity index is 2.61. The van der Waals surface area contributed by atoms with Gasteiger partial charge in [-0.25, -0.2) is 0 Å². The molecule has 3 heteroatoms. The molecule has 0 saturated heterocycles. The van der Waals surface area contributed by atoms with E-state index in [2.05, 4.69) is 39.6 Å². The van der Waals surface area contributed by atoms with E-state index in [0.29, 0.717) is 5.92 Å². The molecule has 1 unspecified atom stereocenters. The van der Waals surface area contributed by atoms with Crippen LogP contribution in [0.25, 0.3) is 0 Å². The van der Waals surface area contributed by atoms with Gasteiger partial charge in [-0.15, -0.1) is 0 Å². The third kappa shape index (κ3) is 4.97. The van der Waals surface area contributed by atoms with Crippen molar-refractivity contribution in [1.82, 2.24) is 4.98 Å². The van der Waals surface area contributed by atoms with Crippen LogP contribution in [0, 0.1) is 11.3 Å². The molecule has 0 aliphatic carbocycles. The van der Waals surface area contributed by atoms with Crippen molar-refractivity contribution in [2.45, 2.75) is 66.2 Å². The van der Waals surface area contributed by atoms with Crippen LogP contribution in [0.5, 0.6) is 0 Å². The smallest absolute Gasteiger partial charge is 0.304 e. The molecule has 0 fully saturated rings. The van der Waals surface area contributed by atoms with E-state index >= 15 is 0 Å². The van der Waals surface area contributed by atoms with Gasteiger partial charge in [0.2, 0.25) is 0 Å². The number of H-pyrrole nitrogens is 1. The molecule has 1 rings (SSSR count). The average Bonchev–Trinajstić information content (AvgIpc) is 2.61. The molecule has 104 valence electrons. The van der Waals surface area contributed by atoms with Gasteiger partial charge >= 0.3 is 4.87 Å². The molecule has 1 N–H and O–H groups in total. The zero-order valence-corrected chi connectivity index (χ0v) is 13.2. The van der Waals surface area contributed by atoms with E-state index in [9.17, 15) is 4.79 Å². The summed E-state index contributed by atoms with van der Waals surface area (Å²) in [5.41, 5.74) is 1.34. The maximum absolute atomic E-state index is 11.3. The van der Waals surface area contributed by atoms with Crippen LogP contribution in [0.2, 0.25) is 0 Å². The zero-order valence-electron chi connectivity index (χ0n) is 12.4. The first-order valence-electron chi connectivity index (χ1n) is 6.98. The van der Waals surface area contributed by atoms with E-state index < -0.39 is 0 Å². The fraction of sp³-hybridized carbons (Fsp3) is 0.800. The van der Waals surface area contributed by atoms with Gasteiger partial charge in [0, 0.05) is 17.0 Å². The second kappa shape index (κ2) is 6.55. The number of aromatic nitrogens is 1. The third-order valence-electron chi connectivity index (χ3n) is 3.48. The molecule has 0 aromatic carbocycles. The molecule has 0 bridgehead atoms. The minimum atomic E-state index is 0.0708. The summed E-state index contributed by atoms with van der Waals surface area (Å²) in [6, 6.07) is 0. The first-order chi connectivity index (χ1) is 8.30. The van der Waals surface area contributed by atoms with E-state index in [0.717, 1.165) is 11.6 Å². The van der Waals surface area contributed by atoms with Crippen molar-refractivity contribution in [3.63, 3.8) is 0 Å². The molecule has 1 aromatic heterocycles. The lowest BCUT2D eigenvalue weighted by atomic mass is 9.76. The minimum absolute atomic E-state index is 0.0708. The van der Waals surface area contributed by atoms with Crippen molar-refractivity contribution in [3.8, 4) is 0 Å². The summed E-state index contributed by atoms with van der Waals surface area (Å²) in [7, 11) is 0. The van der Waals surface area contributed by atoms with Gasteiger partial charge in [-0.05, 0) is 17.8 Å². The number of nitrogens with one attached hydrogen (secondary N) is 1. The molecular weight excluding hydrogens is 242 g/mol. The highest BCUT2D eigenvalue weighted by molar-refractivity contribution is 7.07. The van der Waals surface area contributed by atoms with Crippen LogP contribution in [0.1, 0.15) is 71.9 Å². The van der Waals surface area contributed by atoms with Crippen LogP contribution in [0.4, 0.5) is 0 Å². The molecule has 0 aliphatic heterocycles.